The Kier molecular flexibility index (Phi) is 3.56. The third-order valence-electron chi connectivity index (χ3n) is 4.40. The number of anilines is 2. The quantitative estimate of drug-likeness (QED) is 0.895. The largest absolute Gasteiger partial charge is 0.383 e. The van der Waals surface area contributed by atoms with Gasteiger partial charge in [-0.05, 0) is 32.1 Å². The monoisotopic (exact) mass is 290 g/mol. The zero-order valence-electron chi connectivity index (χ0n) is 13.4. The van der Waals surface area contributed by atoms with E-state index < -0.39 is 0 Å². The highest BCUT2D eigenvalue weighted by atomic mass is 16.5. The number of nitrogens with two attached hydrogens (primary N) is 1. The van der Waals surface area contributed by atoms with Gasteiger partial charge in [0.05, 0.1) is 12.1 Å². The lowest BCUT2D eigenvalue weighted by molar-refractivity contribution is 0.0898. The van der Waals surface area contributed by atoms with E-state index in [0.717, 1.165) is 36.2 Å². The molecule has 0 bridgehead atoms. The molecular formula is C16H26N4O. The third-order valence-corrected chi connectivity index (χ3v) is 4.40. The normalized spacial score (nSPS) is 26.1. The summed E-state index contributed by atoms with van der Waals surface area (Å²) in [5.74, 6) is 2.95. The molecule has 1 aliphatic carbocycles. The molecule has 2 heterocycles. The van der Waals surface area contributed by atoms with E-state index in [4.69, 9.17) is 15.5 Å². The summed E-state index contributed by atoms with van der Waals surface area (Å²) in [7, 11) is 0. The highest BCUT2D eigenvalue weighted by Gasteiger charge is 2.41. The van der Waals surface area contributed by atoms with Crippen molar-refractivity contribution >= 4 is 11.6 Å². The van der Waals surface area contributed by atoms with E-state index in [2.05, 4.69) is 31.1 Å². The van der Waals surface area contributed by atoms with Crippen molar-refractivity contribution in [1.82, 2.24) is 9.97 Å². The zero-order chi connectivity index (χ0) is 15.2. The molecule has 0 radical (unpaired) electrons. The van der Waals surface area contributed by atoms with E-state index in [1.165, 1.54) is 12.8 Å². The standard InChI is InChI=1S/C16H26N4O/c1-9-13(17)19-15(16(2,3)4)20-14(9)18-11-7-8-21-12(11)10-5-6-10/h10-12H,5-8H2,1-4H3,(H3,17,18,19,20). The molecule has 0 amide bonds. The van der Waals surface area contributed by atoms with E-state index in [9.17, 15) is 0 Å². The summed E-state index contributed by atoms with van der Waals surface area (Å²) in [6.07, 6.45) is 3.95. The Morgan fingerprint density at radius 3 is 2.52 bits per heavy atom. The summed E-state index contributed by atoms with van der Waals surface area (Å²) >= 11 is 0. The van der Waals surface area contributed by atoms with Gasteiger partial charge in [0.2, 0.25) is 0 Å². The molecule has 116 valence electrons. The summed E-state index contributed by atoms with van der Waals surface area (Å²) < 4.78 is 5.89. The first kappa shape index (κ1) is 14.6. The topological polar surface area (TPSA) is 73.1 Å². The van der Waals surface area contributed by atoms with Gasteiger partial charge >= 0.3 is 0 Å². The number of aromatic nitrogens is 2. The molecule has 21 heavy (non-hydrogen) atoms. The molecule has 1 aromatic rings. The van der Waals surface area contributed by atoms with E-state index in [1.807, 2.05) is 6.92 Å². The minimum atomic E-state index is -0.111. The van der Waals surface area contributed by atoms with Crippen LogP contribution < -0.4 is 11.1 Å². The predicted molar refractivity (Wildman–Crippen MR) is 84.4 cm³/mol. The van der Waals surface area contributed by atoms with Crippen LogP contribution in [-0.2, 0) is 10.2 Å². The van der Waals surface area contributed by atoms with Crippen LogP contribution in [0.25, 0.3) is 0 Å². The first-order valence-electron chi connectivity index (χ1n) is 7.89. The molecule has 1 aromatic heterocycles. The van der Waals surface area contributed by atoms with Crippen LogP contribution in [0.3, 0.4) is 0 Å². The van der Waals surface area contributed by atoms with Gasteiger partial charge in [-0.1, -0.05) is 20.8 Å². The minimum Gasteiger partial charge on any atom is -0.383 e. The Balaban J connectivity index is 1.85. The average molecular weight is 290 g/mol. The van der Waals surface area contributed by atoms with Crippen LogP contribution in [-0.4, -0.2) is 28.7 Å². The van der Waals surface area contributed by atoms with Crippen LogP contribution in [0, 0.1) is 12.8 Å². The number of rotatable bonds is 3. The Hall–Kier alpha value is -1.36. The van der Waals surface area contributed by atoms with Crippen molar-refractivity contribution in [3.05, 3.63) is 11.4 Å². The van der Waals surface area contributed by atoms with Crippen molar-refractivity contribution in [3.8, 4) is 0 Å². The molecule has 5 nitrogen and oxygen atoms in total. The first-order valence-corrected chi connectivity index (χ1v) is 7.89. The minimum absolute atomic E-state index is 0.111. The van der Waals surface area contributed by atoms with Gasteiger partial charge in [-0.2, -0.15) is 0 Å². The summed E-state index contributed by atoms with van der Waals surface area (Å²) in [6.45, 7) is 9.13. The van der Waals surface area contributed by atoms with Crippen molar-refractivity contribution in [3.63, 3.8) is 0 Å². The summed E-state index contributed by atoms with van der Waals surface area (Å²) in [4.78, 5) is 9.17. The van der Waals surface area contributed by atoms with Gasteiger partial charge in [0.25, 0.3) is 0 Å². The third kappa shape index (κ3) is 2.98. The Morgan fingerprint density at radius 2 is 1.90 bits per heavy atom. The van der Waals surface area contributed by atoms with Gasteiger partial charge in [-0.25, -0.2) is 9.97 Å². The molecule has 2 fully saturated rings. The Labute approximate surface area is 126 Å². The fourth-order valence-corrected chi connectivity index (χ4v) is 2.84. The molecule has 1 saturated heterocycles. The maximum atomic E-state index is 6.08. The van der Waals surface area contributed by atoms with Gasteiger partial charge in [0.1, 0.15) is 17.5 Å². The number of hydrogen-bond acceptors (Lipinski definition) is 5. The second-order valence-corrected chi connectivity index (χ2v) is 7.37. The van der Waals surface area contributed by atoms with Crippen molar-refractivity contribution in [2.75, 3.05) is 17.7 Å². The molecule has 0 spiro atoms. The molecule has 5 heteroatoms. The van der Waals surface area contributed by atoms with Gasteiger partial charge < -0.3 is 15.8 Å². The van der Waals surface area contributed by atoms with Gasteiger partial charge in [-0.3, -0.25) is 0 Å². The molecular weight excluding hydrogens is 264 g/mol. The average Bonchev–Trinajstić information content (AvgIpc) is 3.14. The van der Waals surface area contributed by atoms with Crippen molar-refractivity contribution < 1.29 is 4.74 Å². The van der Waals surface area contributed by atoms with Crippen molar-refractivity contribution in [1.29, 1.82) is 0 Å². The number of nitrogens with one attached hydrogen (secondary N) is 1. The molecule has 2 unspecified atom stereocenters. The predicted octanol–water partition coefficient (Wildman–Crippen LogP) is 2.64. The highest BCUT2D eigenvalue weighted by molar-refractivity contribution is 5.55. The van der Waals surface area contributed by atoms with Crippen LogP contribution >= 0.6 is 0 Å². The van der Waals surface area contributed by atoms with E-state index in [-0.39, 0.29) is 5.41 Å². The number of nitrogen functional groups attached to an aromatic ring is 1. The second kappa shape index (κ2) is 5.13. The summed E-state index contributed by atoms with van der Waals surface area (Å²) in [5.41, 5.74) is 6.90. The van der Waals surface area contributed by atoms with Crippen LogP contribution in [0.1, 0.15) is 51.4 Å². The summed E-state index contributed by atoms with van der Waals surface area (Å²) in [6, 6.07) is 0.346. The van der Waals surface area contributed by atoms with Crippen LogP contribution in [0.5, 0.6) is 0 Å². The molecule has 3 N–H and O–H groups in total. The molecule has 1 saturated carbocycles. The van der Waals surface area contributed by atoms with E-state index in [0.29, 0.717) is 18.0 Å². The molecule has 2 aliphatic rings. The lowest BCUT2D eigenvalue weighted by atomic mass is 9.95. The smallest absolute Gasteiger partial charge is 0.138 e. The highest BCUT2D eigenvalue weighted by Crippen LogP contribution is 2.40. The fraction of sp³-hybridized carbons (Fsp3) is 0.750. The maximum absolute atomic E-state index is 6.08. The van der Waals surface area contributed by atoms with E-state index in [1.54, 1.807) is 0 Å². The first-order chi connectivity index (χ1) is 9.86. The van der Waals surface area contributed by atoms with Crippen molar-refractivity contribution in [2.24, 2.45) is 5.92 Å². The van der Waals surface area contributed by atoms with Crippen molar-refractivity contribution in [2.45, 2.75) is 64.5 Å². The van der Waals surface area contributed by atoms with Gasteiger partial charge in [0, 0.05) is 17.6 Å². The molecule has 3 rings (SSSR count). The number of ether oxygens (including phenoxy) is 1. The van der Waals surface area contributed by atoms with E-state index >= 15 is 0 Å². The lowest BCUT2D eigenvalue weighted by Crippen LogP contribution is -2.32. The van der Waals surface area contributed by atoms with Gasteiger partial charge in [0.15, 0.2) is 0 Å². The van der Waals surface area contributed by atoms with Crippen LogP contribution in [0.2, 0.25) is 0 Å². The Bertz CT molecular complexity index is 534. The SMILES string of the molecule is Cc1c(N)nc(C(C)(C)C)nc1NC1CCOC1C1CC1. The molecule has 2 atom stereocenters. The number of hydrogen-bond donors (Lipinski definition) is 2. The maximum Gasteiger partial charge on any atom is 0.138 e. The molecule has 1 aliphatic heterocycles. The fourth-order valence-electron chi connectivity index (χ4n) is 2.84. The lowest BCUT2D eigenvalue weighted by Gasteiger charge is -2.24. The summed E-state index contributed by atoms with van der Waals surface area (Å²) in [5, 5.41) is 3.58. The van der Waals surface area contributed by atoms with Crippen LogP contribution in [0.15, 0.2) is 0 Å². The second-order valence-electron chi connectivity index (χ2n) is 7.37. The van der Waals surface area contributed by atoms with Gasteiger partial charge in [-0.15, -0.1) is 0 Å². The number of nitrogens with zero attached hydrogens (tertiary/aromatic N) is 2. The zero-order valence-corrected chi connectivity index (χ0v) is 13.4. The Morgan fingerprint density at radius 1 is 1.19 bits per heavy atom. The molecule has 0 aromatic carbocycles. The van der Waals surface area contributed by atoms with Crippen LogP contribution in [0.4, 0.5) is 11.6 Å².